The number of ether oxygens (including phenoxy) is 1. The number of aryl methyl sites for hydroxylation is 1. The number of allylic oxidation sites excluding steroid dienone is 7. The smallest absolute Gasteiger partial charge is 0.416 e. The van der Waals surface area contributed by atoms with Gasteiger partial charge in [0.1, 0.15) is 17.6 Å². The monoisotopic (exact) mass is 744 g/mol. The summed E-state index contributed by atoms with van der Waals surface area (Å²) in [5, 5.41) is 6.37. The average Bonchev–Trinajstić information content (AvgIpc) is 3.18. The van der Waals surface area contributed by atoms with Crippen molar-refractivity contribution in [2.75, 3.05) is 5.32 Å². The van der Waals surface area contributed by atoms with Crippen LogP contribution in [0.15, 0.2) is 127 Å². The molecule has 1 atom stereocenters. The van der Waals surface area contributed by atoms with Gasteiger partial charge in [0.05, 0.1) is 5.57 Å². The van der Waals surface area contributed by atoms with Crippen molar-refractivity contribution in [1.29, 1.82) is 0 Å². The second kappa shape index (κ2) is 24.9. The van der Waals surface area contributed by atoms with E-state index in [2.05, 4.69) is 27.2 Å². The minimum absolute atomic E-state index is 0.242. The normalized spacial score (nSPS) is 13.1. The molecule has 3 aromatic rings. The van der Waals surface area contributed by atoms with E-state index in [1.165, 1.54) is 19.3 Å². The highest BCUT2D eigenvalue weighted by atomic mass is 19.4. The minimum atomic E-state index is -4.58. The number of carbonyl (C=O) groups is 1. The third-order valence-electron chi connectivity index (χ3n) is 7.72. The number of rotatable bonds is 16. The Morgan fingerprint density at radius 1 is 0.870 bits per heavy atom. The van der Waals surface area contributed by atoms with Crippen molar-refractivity contribution in [3.63, 3.8) is 0 Å². The summed E-state index contributed by atoms with van der Waals surface area (Å²) >= 11 is 0. The molecule has 54 heavy (non-hydrogen) atoms. The van der Waals surface area contributed by atoms with E-state index < -0.39 is 17.8 Å². The molecule has 3 rings (SSSR count). The van der Waals surface area contributed by atoms with Crippen LogP contribution in [0.3, 0.4) is 0 Å². The molecule has 0 spiro atoms. The van der Waals surface area contributed by atoms with E-state index in [1.54, 1.807) is 26.0 Å². The van der Waals surface area contributed by atoms with Crippen LogP contribution in [0.4, 0.5) is 18.9 Å². The van der Waals surface area contributed by atoms with E-state index in [0.29, 0.717) is 60.0 Å². The molecule has 6 nitrogen and oxygen atoms in total. The van der Waals surface area contributed by atoms with Gasteiger partial charge in [0.25, 0.3) is 0 Å². The number of carbonyl (C=O) groups excluding carboxylic acids is 1. The first-order valence-electron chi connectivity index (χ1n) is 18.9. The van der Waals surface area contributed by atoms with E-state index in [-0.39, 0.29) is 11.5 Å². The molecule has 292 valence electrons. The lowest BCUT2D eigenvalue weighted by atomic mass is 9.95. The number of amides is 1. The molecule has 0 aliphatic rings. The van der Waals surface area contributed by atoms with Gasteiger partial charge in [-0.05, 0) is 81.0 Å². The second-order valence-electron chi connectivity index (χ2n) is 11.4. The maximum Gasteiger partial charge on any atom is 0.416 e. The van der Waals surface area contributed by atoms with E-state index in [1.807, 2.05) is 109 Å². The van der Waals surface area contributed by atoms with E-state index in [4.69, 9.17) is 4.74 Å². The molecule has 0 saturated carbocycles. The van der Waals surface area contributed by atoms with Crippen molar-refractivity contribution >= 4 is 22.7 Å². The Bertz CT molecular complexity index is 1750. The summed E-state index contributed by atoms with van der Waals surface area (Å²) in [5.74, 6) is 0.858. The third kappa shape index (κ3) is 14.3. The number of para-hydroxylation sites is 1. The number of alkyl halides is 3. The second-order valence-corrected chi connectivity index (χ2v) is 11.4. The molecule has 9 heteroatoms. The quantitative estimate of drug-likeness (QED) is 0.113. The zero-order chi connectivity index (χ0) is 40.7. The Hall–Kier alpha value is -5.18. The lowest BCUT2D eigenvalue weighted by molar-refractivity contribution is -0.118. The van der Waals surface area contributed by atoms with Gasteiger partial charge in [0.15, 0.2) is 5.88 Å². The molecule has 1 aromatic heterocycles. The molecule has 0 bridgehead atoms. The van der Waals surface area contributed by atoms with Crippen LogP contribution in [0.2, 0.25) is 0 Å². The Labute approximate surface area is 321 Å². The molecule has 0 radical (unpaired) electrons. The zero-order valence-electron chi connectivity index (χ0n) is 33.7. The van der Waals surface area contributed by atoms with Crippen molar-refractivity contribution in [3.05, 3.63) is 149 Å². The van der Waals surface area contributed by atoms with Gasteiger partial charge in [-0.15, -0.1) is 0 Å². The molecule has 0 aliphatic heterocycles. The van der Waals surface area contributed by atoms with Crippen LogP contribution in [0.25, 0.3) is 11.1 Å². The molecule has 1 heterocycles. The molecule has 2 aromatic carbocycles. The third-order valence-corrected chi connectivity index (χ3v) is 7.72. The lowest BCUT2D eigenvalue weighted by Gasteiger charge is -2.24. The van der Waals surface area contributed by atoms with Crippen molar-refractivity contribution in [1.82, 2.24) is 15.3 Å². The van der Waals surface area contributed by atoms with Crippen molar-refractivity contribution in [2.45, 2.75) is 107 Å². The number of nitrogens with zero attached hydrogens (tertiary/aromatic N) is 2. The topological polar surface area (TPSA) is 76.1 Å². The summed E-state index contributed by atoms with van der Waals surface area (Å²) in [6, 6.07) is 16.6. The molecule has 0 aliphatic carbocycles. The first kappa shape index (κ1) is 46.8. The summed E-state index contributed by atoms with van der Waals surface area (Å²) in [4.78, 5) is 22.4. The van der Waals surface area contributed by atoms with Crippen LogP contribution in [0.1, 0.15) is 111 Å². The van der Waals surface area contributed by atoms with Gasteiger partial charge in [0, 0.05) is 34.8 Å². The number of hydrogen-bond donors (Lipinski definition) is 2. The summed E-state index contributed by atoms with van der Waals surface area (Å²) in [6.07, 6.45) is 8.12. The van der Waals surface area contributed by atoms with Gasteiger partial charge >= 0.3 is 6.18 Å². The Kier molecular flexibility index (Phi) is 21.6. The highest BCUT2D eigenvalue weighted by molar-refractivity contribution is 5.98. The van der Waals surface area contributed by atoms with Crippen LogP contribution in [-0.2, 0) is 9.53 Å². The van der Waals surface area contributed by atoms with E-state index in [9.17, 15) is 18.0 Å². The number of hydrogen-bond acceptors (Lipinski definition) is 5. The van der Waals surface area contributed by atoms with Gasteiger partial charge in [-0.1, -0.05) is 122 Å². The average molecular weight is 745 g/mol. The summed E-state index contributed by atoms with van der Waals surface area (Å²) in [5.41, 5.74) is 3.37. The zero-order valence-corrected chi connectivity index (χ0v) is 33.7. The Morgan fingerprint density at radius 2 is 1.46 bits per heavy atom. The van der Waals surface area contributed by atoms with Crippen LogP contribution in [-0.4, -0.2) is 28.1 Å². The molecular weight excluding hydrogens is 686 g/mol. The fraction of sp³-hybridized carbons (Fsp3) is 0.356. The number of halogens is 3. The minimum Gasteiger partial charge on any atom is -0.441 e. The molecule has 1 unspecified atom stereocenters. The standard InChI is InChI=1S/C41H47F3N4O2.2C2H6/c1-8-18-37(40(49)48-36-24-17-16-23-34(36)28(6)30-21-14-13-15-22-30)47-39(20-10-3)50-38(19-9-2)33(12-5)35(25-32(11-4)41(42,43)44)31-26-45-29(7)46-27-31;2*1-2/h11-17,19-27,37,47H,6,8-10,18H2,1-5,7H3,(H,48,49);2*1-2H3/b32-11+,33-12?,35-25-,38-19-,39-20+;;. The summed E-state index contributed by atoms with van der Waals surface area (Å²) < 4.78 is 48.5. The van der Waals surface area contributed by atoms with Crippen LogP contribution in [0.5, 0.6) is 0 Å². The number of anilines is 1. The maximum atomic E-state index is 14.0. The maximum absolute atomic E-state index is 14.0. The van der Waals surface area contributed by atoms with E-state index in [0.717, 1.165) is 28.9 Å². The fourth-order valence-corrected chi connectivity index (χ4v) is 5.19. The molecular formula is C45H59F3N4O2. The van der Waals surface area contributed by atoms with Crippen LogP contribution in [0, 0.1) is 6.92 Å². The summed E-state index contributed by atoms with van der Waals surface area (Å²) in [6.45, 7) is 22.9. The van der Waals surface area contributed by atoms with Crippen molar-refractivity contribution in [2.24, 2.45) is 0 Å². The van der Waals surface area contributed by atoms with Gasteiger partial charge in [-0.2, -0.15) is 13.2 Å². The van der Waals surface area contributed by atoms with E-state index >= 15 is 0 Å². The van der Waals surface area contributed by atoms with Crippen molar-refractivity contribution in [3.8, 4) is 0 Å². The lowest BCUT2D eigenvalue weighted by Crippen LogP contribution is -2.40. The van der Waals surface area contributed by atoms with Crippen LogP contribution < -0.4 is 10.6 Å². The highest BCUT2D eigenvalue weighted by Crippen LogP contribution is 2.36. The largest absolute Gasteiger partial charge is 0.441 e. The number of nitrogens with one attached hydrogen (secondary N) is 2. The first-order valence-corrected chi connectivity index (χ1v) is 18.9. The van der Waals surface area contributed by atoms with Gasteiger partial charge < -0.3 is 15.4 Å². The molecule has 0 saturated heterocycles. The first-order chi connectivity index (χ1) is 26.0. The van der Waals surface area contributed by atoms with Gasteiger partial charge in [-0.3, -0.25) is 4.79 Å². The number of benzene rings is 2. The van der Waals surface area contributed by atoms with Crippen LogP contribution >= 0.6 is 0 Å². The summed E-state index contributed by atoms with van der Waals surface area (Å²) in [7, 11) is 0. The highest BCUT2D eigenvalue weighted by Gasteiger charge is 2.32. The van der Waals surface area contributed by atoms with Crippen molar-refractivity contribution < 1.29 is 22.7 Å². The Balaban J connectivity index is 0.00000352. The predicted octanol–water partition coefficient (Wildman–Crippen LogP) is 12.7. The van der Waals surface area contributed by atoms with Gasteiger partial charge in [0.2, 0.25) is 5.91 Å². The Morgan fingerprint density at radius 3 is 2.00 bits per heavy atom. The molecule has 1 amide bonds. The number of aromatic nitrogens is 2. The predicted molar refractivity (Wildman–Crippen MR) is 220 cm³/mol. The fourth-order valence-electron chi connectivity index (χ4n) is 5.19. The molecule has 0 fully saturated rings. The van der Waals surface area contributed by atoms with Gasteiger partial charge in [-0.25, -0.2) is 9.97 Å². The SMILES string of the molecule is C=C(c1ccccc1)c1ccccc1NC(=O)C(CCC)N/C(=C\CC)O/C(=C\CC)C(=CC)/C(=C\C(=C/C)C(F)(F)F)c1cnc(C)nc1.CC.CC. The molecule has 2 N–H and O–H groups in total.